The van der Waals surface area contributed by atoms with Crippen LogP contribution in [0.15, 0.2) is 30.3 Å². The summed E-state index contributed by atoms with van der Waals surface area (Å²) < 4.78 is 25.8. The van der Waals surface area contributed by atoms with Crippen LogP contribution in [0.3, 0.4) is 0 Å². The van der Waals surface area contributed by atoms with E-state index in [0.717, 1.165) is 5.56 Å². The monoisotopic (exact) mass is 384 g/mol. The van der Waals surface area contributed by atoms with Gasteiger partial charge < -0.3 is 15.2 Å². The van der Waals surface area contributed by atoms with Gasteiger partial charge in [0.15, 0.2) is 0 Å². The number of hydrogen-bond donors (Lipinski definition) is 3. The lowest BCUT2D eigenvalue weighted by molar-refractivity contribution is -0.142. The number of aldehydes is 1. The molecule has 0 aromatic heterocycles. The minimum atomic E-state index is -3.96. The predicted octanol–water partition coefficient (Wildman–Crippen LogP) is 0.332. The molecule has 8 nitrogen and oxygen atoms in total. The van der Waals surface area contributed by atoms with E-state index < -0.39 is 39.7 Å². The third-order valence-corrected chi connectivity index (χ3v) is 4.75. The largest absolute Gasteiger partial charge is 0.480 e. The Balaban J connectivity index is 2.90. The van der Waals surface area contributed by atoms with Crippen molar-refractivity contribution in [1.82, 2.24) is 10.0 Å². The van der Waals surface area contributed by atoms with Gasteiger partial charge in [-0.25, -0.2) is 17.9 Å². The molecule has 0 radical (unpaired) electrons. The summed E-state index contributed by atoms with van der Waals surface area (Å²) in [4.78, 5) is 34.4. The average molecular weight is 384 g/mol. The van der Waals surface area contributed by atoms with Crippen LogP contribution in [0.5, 0.6) is 0 Å². The van der Waals surface area contributed by atoms with Crippen molar-refractivity contribution in [3.8, 4) is 0 Å². The molecule has 144 valence electrons. The van der Waals surface area contributed by atoms with Gasteiger partial charge in [0.1, 0.15) is 24.1 Å². The molecule has 1 amide bonds. The van der Waals surface area contributed by atoms with E-state index in [0.29, 0.717) is 0 Å². The second kappa shape index (κ2) is 10.0. The van der Waals surface area contributed by atoms with Gasteiger partial charge in [0, 0.05) is 6.42 Å². The molecule has 0 saturated heterocycles. The molecule has 0 fully saturated rings. The minimum Gasteiger partial charge on any atom is -0.480 e. The Morgan fingerprint density at radius 1 is 1.15 bits per heavy atom. The van der Waals surface area contributed by atoms with Gasteiger partial charge in [-0.05, 0) is 17.9 Å². The van der Waals surface area contributed by atoms with Gasteiger partial charge in [0.25, 0.3) is 0 Å². The Morgan fingerprint density at radius 3 is 2.27 bits per heavy atom. The lowest BCUT2D eigenvalue weighted by Gasteiger charge is -2.22. The SMILES string of the molecule is CC(C)CC(NS(=O)(=O)CC=O)C(=O)NC(Cc1ccccc1)C(=O)O. The van der Waals surface area contributed by atoms with E-state index in [-0.39, 0.29) is 25.0 Å². The van der Waals surface area contributed by atoms with Crippen LogP contribution < -0.4 is 10.0 Å². The Kier molecular flexibility index (Phi) is 8.40. The molecule has 0 heterocycles. The van der Waals surface area contributed by atoms with Gasteiger partial charge in [-0.2, -0.15) is 0 Å². The van der Waals surface area contributed by atoms with E-state index in [2.05, 4.69) is 10.0 Å². The summed E-state index contributed by atoms with van der Waals surface area (Å²) in [6.07, 6.45) is 0.459. The number of carboxylic acids is 1. The van der Waals surface area contributed by atoms with Crippen LogP contribution in [0, 0.1) is 5.92 Å². The maximum Gasteiger partial charge on any atom is 0.326 e. The average Bonchev–Trinajstić information content (AvgIpc) is 2.53. The number of rotatable bonds is 11. The van der Waals surface area contributed by atoms with Crippen LogP contribution in [0.25, 0.3) is 0 Å². The molecule has 1 aromatic rings. The van der Waals surface area contributed by atoms with E-state index in [4.69, 9.17) is 0 Å². The van der Waals surface area contributed by atoms with E-state index >= 15 is 0 Å². The number of nitrogens with one attached hydrogen (secondary N) is 2. The van der Waals surface area contributed by atoms with E-state index in [9.17, 15) is 27.9 Å². The van der Waals surface area contributed by atoms with Crippen LogP contribution in [-0.4, -0.2) is 49.5 Å². The quantitative estimate of drug-likeness (QED) is 0.472. The lowest BCUT2D eigenvalue weighted by Crippen LogP contribution is -2.53. The molecule has 0 aliphatic heterocycles. The first-order chi connectivity index (χ1) is 12.1. The summed E-state index contributed by atoms with van der Waals surface area (Å²) in [5, 5.41) is 11.7. The van der Waals surface area contributed by atoms with Crippen molar-refractivity contribution >= 4 is 28.2 Å². The molecule has 3 N–H and O–H groups in total. The minimum absolute atomic E-state index is 0.0258. The van der Waals surface area contributed by atoms with Crippen molar-refractivity contribution in [2.45, 2.75) is 38.8 Å². The third-order valence-electron chi connectivity index (χ3n) is 3.53. The van der Waals surface area contributed by atoms with Crippen molar-refractivity contribution in [3.63, 3.8) is 0 Å². The maximum atomic E-state index is 12.5. The van der Waals surface area contributed by atoms with Gasteiger partial charge in [-0.3, -0.25) is 4.79 Å². The zero-order valence-corrected chi connectivity index (χ0v) is 15.5. The van der Waals surface area contributed by atoms with Gasteiger partial charge in [-0.1, -0.05) is 44.2 Å². The highest BCUT2D eigenvalue weighted by Crippen LogP contribution is 2.09. The van der Waals surface area contributed by atoms with Crippen LogP contribution >= 0.6 is 0 Å². The van der Waals surface area contributed by atoms with Crippen LogP contribution in [-0.2, 0) is 30.8 Å². The van der Waals surface area contributed by atoms with E-state index in [1.54, 1.807) is 44.2 Å². The molecular formula is C17H24N2O6S. The fourth-order valence-corrected chi connectivity index (χ4v) is 3.27. The van der Waals surface area contributed by atoms with Crippen molar-refractivity contribution < 1.29 is 27.9 Å². The summed E-state index contributed by atoms with van der Waals surface area (Å²) in [6.45, 7) is 3.60. The number of carbonyl (C=O) groups is 3. The van der Waals surface area contributed by atoms with E-state index in [1.165, 1.54) is 0 Å². The maximum absolute atomic E-state index is 12.5. The molecule has 2 atom stereocenters. The fourth-order valence-electron chi connectivity index (χ4n) is 2.36. The zero-order chi connectivity index (χ0) is 19.7. The van der Waals surface area contributed by atoms with Gasteiger partial charge in [0.05, 0.1) is 0 Å². The van der Waals surface area contributed by atoms with E-state index in [1.807, 2.05) is 0 Å². The highest BCUT2D eigenvalue weighted by atomic mass is 32.2. The number of carbonyl (C=O) groups excluding carboxylic acids is 2. The molecule has 0 saturated carbocycles. The number of hydrogen-bond acceptors (Lipinski definition) is 5. The number of sulfonamides is 1. The second-order valence-corrected chi connectivity index (χ2v) is 8.14. The molecule has 26 heavy (non-hydrogen) atoms. The summed E-state index contributed by atoms with van der Waals surface area (Å²) in [5.74, 6) is -2.75. The fraction of sp³-hybridized carbons (Fsp3) is 0.471. The van der Waals surface area contributed by atoms with Crippen LogP contribution in [0.4, 0.5) is 0 Å². The Labute approximate surface area is 153 Å². The molecule has 2 unspecified atom stereocenters. The molecule has 1 aromatic carbocycles. The number of aliphatic carboxylic acids is 1. The van der Waals surface area contributed by atoms with Gasteiger partial charge in [0.2, 0.25) is 15.9 Å². The van der Waals surface area contributed by atoms with Crippen molar-refractivity contribution in [3.05, 3.63) is 35.9 Å². The summed E-state index contributed by atoms with van der Waals surface area (Å²) in [7, 11) is -3.96. The predicted molar refractivity (Wildman–Crippen MR) is 95.9 cm³/mol. The highest BCUT2D eigenvalue weighted by molar-refractivity contribution is 7.90. The molecule has 0 bridgehead atoms. The molecule has 0 aliphatic carbocycles. The van der Waals surface area contributed by atoms with Gasteiger partial charge in [-0.15, -0.1) is 0 Å². The third kappa shape index (κ3) is 7.75. The summed E-state index contributed by atoms with van der Waals surface area (Å²) in [6, 6.07) is 6.42. The standard InChI is InChI=1S/C17H24N2O6S/c1-12(2)10-14(19-26(24,25)9-8-20)16(21)18-15(17(22)23)11-13-6-4-3-5-7-13/h3-8,12,14-15,19H,9-11H2,1-2H3,(H,18,21)(H,22,23). The van der Waals surface area contributed by atoms with Crippen LogP contribution in [0.1, 0.15) is 25.8 Å². The zero-order valence-electron chi connectivity index (χ0n) is 14.7. The summed E-state index contributed by atoms with van der Waals surface area (Å²) in [5.41, 5.74) is 0.724. The first kappa shape index (κ1) is 21.8. The molecular weight excluding hydrogens is 360 g/mol. The molecule has 9 heteroatoms. The van der Waals surface area contributed by atoms with Gasteiger partial charge >= 0.3 is 5.97 Å². The number of benzene rings is 1. The van der Waals surface area contributed by atoms with Crippen LogP contribution in [0.2, 0.25) is 0 Å². The van der Waals surface area contributed by atoms with Crippen molar-refractivity contribution in [2.24, 2.45) is 5.92 Å². The lowest BCUT2D eigenvalue weighted by atomic mass is 10.0. The first-order valence-corrected chi connectivity index (χ1v) is 9.80. The molecule has 0 aliphatic rings. The Morgan fingerprint density at radius 2 is 1.77 bits per heavy atom. The normalized spacial score (nSPS) is 13.8. The number of carboxylic acid groups (broad SMARTS) is 1. The van der Waals surface area contributed by atoms with Crippen molar-refractivity contribution in [1.29, 1.82) is 0 Å². The van der Waals surface area contributed by atoms with Crippen molar-refractivity contribution in [2.75, 3.05) is 5.75 Å². The highest BCUT2D eigenvalue weighted by Gasteiger charge is 2.29. The molecule has 1 rings (SSSR count). The topological polar surface area (TPSA) is 130 Å². The summed E-state index contributed by atoms with van der Waals surface area (Å²) >= 11 is 0. The first-order valence-electron chi connectivity index (χ1n) is 8.15. The second-order valence-electron chi connectivity index (χ2n) is 6.34. The molecule has 0 spiro atoms. The smallest absolute Gasteiger partial charge is 0.326 e. The Bertz CT molecular complexity index is 718. The Hall–Kier alpha value is -2.26. The number of amides is 1.